The minimum atomic E-state index is 0.717. The molecule has 1 aliphatic rings. The van der Waals surface area contributed by atoms with Gasteiger partial charge in [-0.1, -0.05) is 19.3 Å². The molecule has 0 spiro atoms. The first-order valence-electron chi connectivity index (χ1n) is 7.64. The molecule has 1 saturated carbocycles. The van der Waals surface area contributed by atoms with E-state index in [1.54, 1.807) is 0 Å². The normalized spacial score (nSPS) is 19.3. The third-order valence-electron chi connectivity index (χ3n) is 4.29. The Hall–Kier alpha value is 0.270. The lowest BCUT2D eigenvalue weighted by Gasteiger charge is -2.26. The number of hydrogen-bond acceptors (Lipinski definition) is 3. The molecule has 18 heavy (non-hydrogen) atoms. The molecule has 0 radical (unpaired) electrons. The van der Waals surface area contributed by atoms with E-state index >= 15 is 0 Å². The number of likely N-dealkylation sites (N-methyl/N-ethyl adjacent to an activating group) is 1. The van der Waals surface area contributed by atoms with Crippen LogP contribution >= 0.6 is 11.8 Å². The summed E-state index contributed by atoms with van der Waals surface area (Å²) >= 11 is 1.95. The van der Waals surface area contributed by atoms with Crippen LogP contribution in [-0.2, 0) is 0 Å². The maximum atomic E-state index is 3.65. The first-order valence-corrected chi connectivity index (χ1v) is 9.03. The molecule has 0 aromatic carbocycles. The Balaban J connectivity index is 1.98. The van der Waals surface area contributed by atoms with Crippen molar-refractivity contribution in [1.29, 1.82) is 0 Å². The van der Waals surface area contributed by atoms with Crippen LogP contribution in [0.15, 0.2) is 0 Å². The van der Waals surface area contributed by atoms with Crippen LogP contribution in [0.2, 0.25) is 0 Å². The third kappa shape index (κ3) is 7.01. The summed E-state index contributed by atoms with van der Waals surface area (Å²) in [5, 5.41) is 3.65. The molecule has 0 amide bonds. The number of hydrogen-bond donors (Lipinski definition) is 1. The van der Waals surface area contributed by atoms with Gasteiger partial charge >= 0.3 is 0 Å². The zero-order valence-electron chi connectivity index (χ0n) is 12.6. The van der Waals surface area contributed by atoms with Crippen molar-refractivity contribution >= 4 is 11.8 Å². The fourth-order valence-corrected chi connectivity index (χ4v) is 3.26. The summed E-state index contributed by atoms with van der Waals surface area (Å²) in [7, 11) is 2.26. The quantitative estimate of drug-likeness (QED) is 0.649. The van der Waals surface area contributed by atoms with E-state index in [1.807, 2.05) is 11.8 Å². The van der Waals surface area contributed by atoms with E-state index in [9.17, 15) is 0 Å². The highest BCUT2D eigenvalue weighted by molar-refractivity contribution is 7.98. The zero-order chi connectivity index (χ0) is 13.2. The lowest BCUT2D eigenvalue weighted by atomic mass is 9.89. The maximum Gasteiger partial charge on any atom is 0.0107 e. The summed E-state index contributed by atoms with van der Waals surface area (Å²) in [6.45, 7) is 5.92. The SMILES string of the molecule is CSCCC(C)N(C)CCNCC1CCCCC1. The Labute approximate surface area is 118 Å². The highest BCUT2D eigenvalue weighted by atomic mass is 32.2. The summed E-state index contributed by atoms with van der Waals surface area (Å²) in [6, 6.07) is 0.717. The van der Waals surface area contributed by atoms with Crippen LogP contribution in [-0.4, -0.2) is 49.6 Å². The molecule has 3 heteroatoms. The lowest BCUT2D eigenvalue weighted by molar-refractivity contribution is 0.248. The van der Waals surface area contributed by atoms with E-state index < -0.39 is 0 Å². The van der Waals surface area contributed by atoms with E-state index in [-0.39, 0.29) is 0 Å². The Morgan fingerprint density at radius 1 is 1.28 bits per heavy atom. The molecular weight excluding hydrogens is 240 g/mol. The van der Waals surface area contributed by atoms with Gasteiger partial charge in [0.05, 0.1) is 0 Å². The molecule has 0 saturated heterocycles. The zero-order valence-corrected chi connectivity index (χ0v) is 13.4. The monoisotopic (exact) mass is 272 g/mol. The van der Waals surface area contributed by atoms with Gasteiger partial charge < -0.3 is 10.2 Å². The summed E-state index contributed by atoms with van der Waals surface area (Å²) in [6.07, 6.45) is 10.8. The van der Waals surface area contributed by atoms with Crippen molar-refractivity contribution in [3.8, 4) is 0 Å². The minimum absolute atomic E-state index is 0.717. The molecule has 108 valence electrons. The fourth-order valence-electron chi connectivity index (χ4n) is 2.68. The van der Waals surface area contributed by atoms with Crippen molar-refractivity contribution in [2.24, 2.45) is 5.92 Å². The summed E-state index contributed by atoms with van der Waals surface area (Å²) < 4.78 is 0. The lowest BCUT2D eigenvalue weighted by Crippen LogP contribution is -2.37. The van der Waals surface area contributed by atoms with E-state index in [2.05, 4.69) is 30.4 Å². The van der Waals surface area contributed by atoms with Gasteiger partial charge in [0.25, 0.3) is 0 Å². The van der Waals surface area contributed by atoms with Crippen molar-refractivity contribution in [2.75, 3.05) is 38.7 Å². The highest BCUT2D eigenvalue weighted by Gasteiger charge is 2.13. The Morgan fingerprint density at radius 3 is 2.67 bits per heavy atom. The van der Waals surface area contributed by atoms with Crippen LogP contribution in [0, 0.1) is 5.92 Å². The van der Waals surface area contributed by atoms with Gasteiger partial charge in [0, 0.05) is 19.1 Å². The topological polar surface area (TPSA) is 15.3 Å². The molecule has 1 N–H and O–H groups in total. The smallest absolute Gasteiger partial charge is 0.0107 e. The first-order chi connectivity index (χ1) is 8.74. The number of nitrogens with one attached hydrogen (secondary N) is 1. The molecule has 0 aromatic rings. The van der Waals surface area contributed by atoms with Crippen LogP contribution in [0.4, 0.5) is 0 Å². The number of rotatable bonds is 9. The molecule has 1 rings (SSSR count). The van der Waals surface area contributed by atoms with E-state index in [4.69, 9.17) is 0 Å². The second-order valence-electron chi connectivity index (χ2n) is 5.82. The molecule has 1 unspecified atom stereocenters. The molecular formula is C15H32N2S. The maximum absolute atomic E-state index is 3.65. The molecule has 0 aliphatic heterocycles. The van der Waals surface area contributed by atoms with Crippen LogP contribution in [0.25, 0.3) is 0 Å². The van der Waals surface area contributed by atoms with Gasteiger partial charge in [-0.2, -0.15) is 11.8 Å². The molecule has 0 heterocycles. The fraction of sp³-hybridized carbons (Fsp3) is 1.00. The predicted octanol–water partition coefficient (Wildman–Crippen LogP) is 3.23. The number of nitrogens with zero attached hydrogens (tertiary/aromatic N) is 1. The standard InChI is InChI=1S/C15H32N2S/c1-14(9-12-18-3)17(2)11-10-16-13-15-7-5-4-6-8-15/h14-16H,4-13H2,1-3H3. The summed E-state index contributed by atoms with van der Waals surface area (Å²) in [5.41, 5.74) is 0. The second-order valence-corrected chi connectivity index (χ2v) is 6.80. The molecule has 0 bridgehead atoms. The van der Waals surface area contributed by atoms with Crippen LogP contribution in [0.1, 0.15) is 45.4 Å². The van der Waals surface area contributed by atoms with Crippen LogP contribution in [0.3, 0.4) is 0 Å². The molecule has 1 atom stereocenters. The predicted molar refractivity (Wildman–Crippen MR) is 84.5 cm³/mol. The summed E-state index contributed by atoms with van der Waals surface area (Å²) in [4.78, 5) is 2.49. The average molecular weight is 273 g/mol. The van der Waals surface area contributed by atoms with Gasteiger partial charge in [-0.25, -0.2) is 0 Å². The van der Waals surface area contributed by atoms with E-state index in [0.29, 0.717) is 6.04 Å². The Bertz CT molecular complexity index is 193. The molecule has 2 nitrogen and oxygen atoms in total. The van der Waals surface area contributed by atoms with Gasteiger partial charge in [0.1, 0.15) is 0 Å². The van der Waals surface area contributed by atoms with Gasteiger partial charge in [0.15, 0.2) is 0 Å². The van der Waals surface area contributed by atoms with Gasteiger partial charge in [0.2, 0.25) is 0 Å². The molecule has 0 aromatic heterocycles. The number of thioether (sulfide) groups is 1. The molecule has 1 fully saturated rings. The van der Waals surface area contributed by atoms with Crippen molar-refractivity contribution in [3.63, 3.8) is 0 Å². The van der Waals surface area contributed by atoms with Crippen molar-refractivity contribution < 1.29 is 0 Å². The summed E-state index contributed by atoms with van der Waals surface area (Å²) in [5.74, 6) is 2.24. The molecule has 1 aliphatic carbocycles. The largest absolute Gasteiger partial charge is 0.315 e. The second kappa shape index (κ2) is 10.1. The van der Waals surface area contributed by atoms with Gasteiger partial charge in [-0.05, 0) is 57.7 Å². The Morgan fingerprint density at radius 2 is 2.00 bits per heavy atom. The highest BCUT2D eigenvalue weighted by Crippen LogP contribution is 2.22. The first kappa shape index (κ1) is 16.3. The Kier molecular flexibility index (Phi) is 9.16. The van der Waals surface area contributed by atoms with E-state index in [1.165, 1.54) is 57.4 Å². The van der Waals surface area contributed by atoms with Crippen molar-refractivity contribution in [3.05, 3.63) is 0 Å². The van der Waals surface area contributed by atoms with Crippen molar-refractivity contribution in [1.82, 2.24) is 10.2 Å². The van der Waals surface area contributed by atoms with Crippen LogP contribution < -0.4 is 5.32 Å². The van der Waals surface area contributed by atoms with Crippen LogP contribution in [0.5, 0.6) is 0 Å². The average Bonchev–Trinajstić information content (AvgIpc) is 2.41. The van der Waals surface area contributed by atoms with E-state index in [0.717, 1.165) is 12.5 Å². The van der Waals surface area contributed by atoms with Gasteiger partial charge in [-0.3, -0.25) is 0 Å². The van der Waals surface area contributed by atoms with Crippen molar-refractivity contribution in [2.45, 2.75) is 51.5 Å². The third-order valence-corrected chi connectivity index (χ3v) is 4.94. The van der Waals surface area contributed by atoms with Gasteiger partial charge in [-0.15, -0.1) is 0 Å². The minimum Gasteiger partial charge on any atom is -0.315 e.